The van der Waals surface area contributed by atoms with Gasteiger partial charge < -0.3 is 25.3 Å². The molecule has 1 atom stereocenters. The average molecular weight is 362 g/mol. The van der Waals surface area contributed by atoms with Gasteiger partial charge in [-0.2, -0.15) is 0 Å². The number of aromatic amines is 1. The first-order chi connectivity index (χ1) is 13.3. The van der Waals surface area contributed by atoms with Gasteiger partial charge in [0.05, 0.1) is 18.2 Å². The van der Waals surface area contributed by atoms with Crippen molar-refractivity contribution in [3.8, 4) is 11.5 Å². The molecule has 0 radical (unpaired) electrons. The van der Waals surface area contributed by atoms with Gasteiger partial charge in [-0.25, -0.2) is 0 Å². The maximum absolute atomic E-state index is 9.92. The van der Waals surface area contributed by atoms with Crippen molar-refractivity contribution < 1.29 is 14.9 Å². The normalized spacial score (nSPS) is 12.5. The zero-order valence-corrected chi connectivity index (χ0v) is 14.9. The molecule has 0 bridgehead atoms. The molecule has 0 spiro atoms. The summed E-state index contributed by atoms with van der Waals surface area (Å²) >= 11 is 0. The zero-order valence-electron chi connectivity index (χ0n) is 14.9. The van der Waals surface area contributed by atoms with E-state index in [1.807, 2.05) is 30.3 Å². The van der Waals surface area contributed by atoms with E-state index in [2.05, 4.69) is 28.5 Å². The monoisotopic (exact) mass is 362 g/mol. The van der Waals surface area contributed by atoms with E-state index in [-0.39, 0.29) is 18.4 Å². The molecule has 138 valence electrons. The average Bonchev–Trinajstić information content (AvgIpc) is 3.07. The molecular weight excluding hydrogens is 340 g/mol. The number of hydrogen-bond acceptors (Lipinski definition) is 4. The highest BCUT2D eigenvalue weighted by molar-refractivity contribution is 6.07. The van der Waals surface area contributed by atoms with Crippen LogP contribution in [0.3, 0.4) is 0 Å². The summed E-state index contributed by atoms with van der Waals surface area (Å²) in [6.45, 7) is 0.902. The lowest BCUT2D eigenvalue weighted by molar-refractivity contribution is 0.230. The number of aromatic hydroxyl groups is 1. The summed E-state index contributed by atoms with van der Waals surface area (Å²) in [5.41, 5.74) is 2.84. The van der Waals surface area contributed by atoms with Crippen molar-refractivity contribution in [3.63, 3.8) is 0 Å². The molecule has 5 nitrogen and oxygen atoms in total. The molecule has 0 amide bonds. The molecule has 4 aromatic rings. The van der Waals surface area contributed by atoms with Crippen molar-refractivity contribution in [1.29, 1.82) is 0 Å². The molecule has 4 rings (SSSR count). The second-order valence-electron chi connectivity index (χ2n) is 6.47. The molecular formula is C22H22N2O3. The van der Waals surface area contributed by atoms with Crippen molar-refractivity contribution in [2.24, 2.45) is 0 Å². The number of aliphatic hydroxyl groups is 1. The highest BCUT2D eigenvalue weighted by atomic mass is 16.5. The van der Waals surface area contributed by atoms with E-state index in [4.69, 9.17) is 4.74 Å². The number of phenols is 1. The van der Waals surface area contributed by atoms with Crippen LogP contribution in [0.25, 0.3) is 21.8 Å². The zero-order chi connectivity index (χ0) is 18.6. The highest BCUT2D eigenvalue weighted by Crippen LogP contribution is 2.28. The number of aliphatic hydroxyl groups excluding tert-OH is 1. The van der Waals surface area contributed by atoms with Crippen molar-refractivity contribution in [3.05, 3.63) is 72.3 Å². The molecule has 1 aromatic heterocycles. The first kappa shape index (κ1) is 17.4. The molecule has 0 saturated heterocycles. The summed E-state index contributed by atoms with van der Waals surface area (Å²) < 4.78 is 5.84. The number of H-pyrrole nitrogens is 1. The van der Waals surface area contributed by atoms with E-state index < -0.39 is 0 Å². The predicted octanol–water partition coefficient (Wildman–Crippen LogP) is 3.73. The van der Waals surface area contributed by atoms with Gasteiger partial charge in [0, 0.05) is 34.5 Å². The number of para-hydroxylation sites is 2. The van der Waals surface area contributed by atoms with Crippen LogP contribution in [0.2, 0.25) is 0 Å². The van der Waals surface area contributed by atoms with E-state index in [0.29, 0.717) is 18.7 Å². The standard InChI is InChI=1S/C22H22N2O3/c25-14-21(18-6-2-4-8-22(18)26)23-11-12-27-15-9-10-17-16-5-1-3-7-19(16)24-20(17)13-15/h1-10,13,21,23-26H,11-12,14H2. The number of hydrogen-bond donors (Lipinski definition) is 4. The summed E-state index contributed by atoms with van der Waals surface area (Å²) in [5.74, 6) is 0.966. The first-order valence-electron chi connectivity index (χ1n) is 9.01. The van der Waals surface area contributed by atoms with Gasteiger partial charge in [0.15, 0.2) is 0 Å². The summed E-state index contributed by atoms with van der Waals surface area (Å²) in [6.07, 6.45) is 0. The molecule has 0 aliphatic rings. The van der Waals surface area contributed by atoms with Gasteiger partial charge in [-0.05, 0) is 24.3 Å². The number of benzene rings is 3. The van der Waals surface area contributed by atoms with E-state index in [0.717, 1.165) is 16.8 Å². The van der Waals surface area contributed by atoms with Crippen molar-refractivity contribution >= 4 is 21.8 Å². The van der Waals surface area contributed by atoms with Gasteiger partial charge in [0.1, 0.15) is 18.1 Å². The lowest BCUT2D eigenvalue weighted by Crippen LogP contribution is -2.28. The Bertz CT molecular complexity index is 1060. The Hall–Kier alpha value is -3.02. The van der Waals surface area contributed by atoms with Gasteiger partial charge in [-0.1, -0.05) is 36.4 Å². The van der Waals surface area contributed by atoms with Gasteiger partial charge in [-0.15, -0.1) is 0 Å². The molecule has 5 heteroatoms. The third-order valence-electron chi connectivity index (χ3n) is 4.73. The molecule has 4 N–H and O–H groups in total. The molecule has 0 aliphatic heterocycles. The Morgan fingerprint density at radius 1 is 0.926 bits per heavy atom. The molecule has 0 aliphatic carbocycles. The van der Waals surface area contributed by atoms with Crippen LogP contribution < -0.4 is 10.1 Å². The molecule has 27 heavy (non-hydrogen) atoms. The fourth-order valence-electron chi connectivity index (χ4n) is 3.38. The van der Waals surface area contributed by atoms with Crippen LogP contribution in [0.15, 0.2) is 66.7 Å². The Balaban J connectivity index is 1.38. The number of rotatable bonds is 7. The third kappa shape index (κ3) is 3.60. The number of phenolic OH excluding ortho intramolecular Hbond substituents is 1. The number of fused-ring (bicyclic) bond motifs is 3. The highest BCUT2D eigenvalue weighted by Gasteiger charge is 2.13. The van der Waals surface area contributed by atoms with Crippen molar-refractivity contribution in [2.45, 2.75) is 6.04 Å². The maximum atomic E-state index is 9.92. The smallest absolute Gasteiger partial charge is 0.121 e. The van der Waals surface area contributed by atoms with Crippen molar-refractivity contribution in [1.82, 2.24) is 10.3 Å². The second kappa shape index (κ2) is 7.70. The Morgan fingerprint density at radius 3 is 2.56 bits per heavy atom. The van der Waals surface area contributed by atoms with Crippen LogP contribution in [-0.4, -0.2) is 35.0 Å². The van der Waals surface area contributed by atoms with Crippen LogP contribution in [0.5, 0.6) is 11.5 Å². The molecule has 1 unspecified atom stereocenters. The third-order valence-corrected chi connectivity index (χ3v) is 4.73. The minimum atomic E-state index is -0.328. The topological polar surface area (TPSA) is 77.5 Å². The largest absolute Gasteiger partial charge is 0.508 e. The van der Waals surface area contributed by atoms with Crippen LogP contribution in [0.1, 0.15) is 11.6 Å². The lowest BCUT2D eigenvalue weighted by Gasteiger charge is -2.18. The fourth-order valence-corrected chi connectivity index (χ4v) is 3.38. The fraction of sp³-hybridized carbons (Fsp3) is 0.182. The summed E-state index contributed by atoms with van der Waals surface area (Å²) in [7, 11) is 0. The number of ether oxygens (including phenoxy) is 1. The quantitative estimate of drug-likeness (QED) is 0.378. The van der Waals surface area contributed by atoms with Crippen molar-refractivity contribution in [2.75, 3.05) is 19.8 Å². The Morgan fingerprint density at radius 2 is 1.70 bits per heavy atom. The summed E-state index contributed by atoms with van der Waals surface area (Å²) in [4.78, 5) is 3.41. The summed E-state index contributed by atoms with van der Waals surface area (Å²) in [6, 6.07) is 20.9. The molecule has 3 aromatic carbocycles. The molecule has 0 saturated carbocycles. The van der Waals surface area contributed by atoms with Crippen LogP contribution in [0.4, 0.5) is 0 Å². The predicted molar refractivity (Wildman–Crippen MR) is 107 cm³/mol. The SMILES string of the molecule is OCC(NCCOc1ccc2c(c1)[nH]c1ccccc12)c1ccccc1O. The van der Waals surface area contributed by atoms with E-state index in [1.165, 1.54) is 10.8 Å². The van der Waals surface area contributed by atoms with E-state index in [9.17, 15) is 10.2 Å². The van der Waals surface area contributed by atoms with Crippen LogP contribution >= 0.6 is 0 Å². The first-order valence-corrected chi connectivity index (χ1v) is 9.01. The Kier molecular flexibility index (Phi) is 4.96. The molecule has 1 heterocycles. The minimum Gasteiger partial charge on any atom is -0.508 e. The van der Waals surface area contributed by atoms with Gasteiger partial charge in [-0.3, -0.25) is 0 Å². The van der Waals surface area contributed by atoms with Gasteiger partial charge >= 0.3 is 0 Å². The van der Waals surface area contributed by atoms with Gasteiger partial charge in [0.2, 0.25) is 0 Å². The molecule has 0 fully saturated rings. The van der Waals surface area contributed by atoms with E-state index in [1.54, 1.807) is 18.2 Å². The number of nitrogens with one attached hydrogen (secondary N) is 2. The lowest BCUT2D eigenvalue weighted by atomic mass is 10.1. The summed E-state index contributed by atoms with van der Waals surface area (Å²) in [5, 5.41) is 25.1. The van der Waals surface area contributed by atoms with Crippen LogP contribution in [0, 0.1) is 0 Å². The van der Waals surface area contributed by atoms with Gasteiger partial charge in [0.25, 0.3) is 0 Å². The maximum Gasteiger partial charge on any atom is 0.121 e. The van der Waals surface area contributed by atoms with E-state index >= 15 is 0 Å². The minimum absolute atomic E-state index is 0.0986. The second-order valence-corrected chi connectivity index (χ2v) is 6.47. The number of aromatic nitrogens is 1. The Labute approximate surface area is 157 Å². The van der Waals surface area contributed by atoms with Crippen LogP contribution in [-0.2, 0) is 0 Å².